The van der Waals surface area contributed by atoms with Crippen LogP contribution >= 0.6 is 0 Å². The molecular weight excluding hydrogens is 400 g/mol. The van der Waals surface area contributed by atoms with Gasteiger partial charge >= 0.3 is 0 Å². The molecule has 10 heteroatoms. The van der Waals surface area contributed by atoms with E-state index in [2.05, 4.69) is 5.32 Å². The van der Waals surface area contributed by atoms with Crippen LogP contribution in [0.5, 0.6) is 17.2 Å². The van der Waals surface area contributed by atoms with Gasteiger partial charge in [-0.25, -0.2) is 8.42 Å². The first-order valence-corrected chi connectivity index (χ1v) is 11.5. The zero-order valence-corrected chi connectivity index (χ0v) is 17.3. The van der Waals surface area contributed by atoms with Gasteiger partial charge in [-0.2, -0.15) is 4.31 Å². The normalized spacial score (nSPS) is 20.3. The van der Waals surface area contributed by atoms with E-state index >= 15 is 0 Å². The van der Waals surface area contributed by atoms with Crippen molar-refractivity contribution in [2.24, 2.45) is 0 Å². The maximum absolute atomic E-state index is 12.6. The largest absolute Gasteiger partial charge is 0.491 e. The minimum absolute atomic E-state index is 0.0254. The van der Waals surface area contributed by atoms with Gasteiger partial charge in [0.15, 0.2) is 11.5 Å². The SMILES string of the molecule is CCCS(=O)(=O)N1CCCCC1C(=O)NCC(O)COc1ccc2c(c1)OCO2. The van der Waals surface area contributed by atoms with E-state index in [1.807, 2.05) is 0 Å². The lowest BCUT2D eigenvalue weighted by Gasteiger charge is -2.33. The fraction of sp³-hybridized carbons (Fsp3) is 0.632. The summed E-state index contributed by atoms with van der Waals surface area (Å²) in [4.78, 5) is 12.6. The van der Waals surface area contributed by atoms with Crippen LogP contribution in [-0.4, -0.2) is 68.1 Å². The highest BCUT2D eigenvalue weighted by atomic mass is 32.2. The van der Waals surface area contributed by atoms with Gasteiger partial charge in [0, 0.05) is 19.2 Å². The maximum Gasteiger partial charge on any atom is 0.238 e. The first kappa shape index (κ1) is 21.7. The number of rotatable bonds is 9. The van der Waals surface area contributed by atoms with Crippen molar-refractivity contribution in [1.29, 1.82) is 0 Å². The molecule has 29 heavy (non-hydrogen) atoms. The highest BCUT2D eigenvalue weighted by molar-refractivity contribution is 7.89. The summed E-state index contributed by atoms with van der Waals surface area (Å²) < 4.78 is 42.2. The Morgan fingerprint density at radius 2 is 2.14 bits per heavy atom. The number of amides is 1. The molecule has 0 aliphatic carbocycles. The first-order chi connectivity index (χ1) is 13.9. The third kappa shape index (κ3) is 5.52. The molecule has 2 N–H and O–H groups in total. The number of carbonyl (C=O) groups is 1. The molecule has 9 nitrogen and oxygen atoms in total. The van der Waals surface area contributed by atoms with Crippen molar-refractivity contribution in [2.75, 3.05) is 32.2 Å². The Morgan fingerprint density at radius 1 is 1.34 bits per heavy atom. The predicted molar refractivity (Wildman–Crippen MR) is 105 cm³/mol. The molecule has 2 heterocycles. The molecule has 0 spiro atoms. The first-order valence-electron chi connectivity index (χ1n) is 9.88. The number of aliphatic hydroxyl groups excluding tert-OH is 1. The Bertz CT molecular complexity index is 815. The highest BCUT2D eigenvalue weighted by Gasteiger charge is 2.36. The van der Waals surface area contributed by atoms with Gasteiger partial charge in [0.2, 0.25) is 22.7 Å². The second-order valence-electron chi connectivity index (χ2n) is 7.16. The summed E-state index contributed by atoms with van der Waals surface area (Å²) in [6, 6.07) is 4.38. The fourth-order valence-corrected chi connectivity index (χ4v) is 5.18. The second-order valence-corrected chi connectivity index (χ2v) is 9.20. The summed E-state index contributed by atoms with van der Waals surface area (Å²) in [7, 11) is -3.45. The number of carbonyl (C=O) groups excluding carboxylic acids is 1. The number of ether oxygens (including phenoxy) is 3. The van der Waals surface area contributed by atoms with Gasteiger partial charge < -0.3 is 24.6 Å². The Labute approximate surface area is 171 Å². The Balaban J connectivity index is 1.48. The number of piperidine rings is 1. The van der Waals surface area contributed by atoms with E-state index in [0.29, 0.717) is 36.6 Å². The minimum Gasteiger partial charge on any atom is -0.491 e. The summed E-state index contributed by atoms with van der Waals surface area (Å²) in [6.07, 6.45) is 1.60. The standard InChI is InChI=1S/C19H28N2O7S/c1-2-9-29(24,25)21-8-4-3-5-16(21)19(23)20-11-14(22)12-26-15-6-7-17-18(10-15)28-13-27-17/h6-7,10,14,16,22H,2-5,8-9,11-13H2,1H3,(H,20,23). The summed E-state index contributed by atoms with van der Waals surface area (Å²) >= 11 is 0. The van der Waals surface area contributed by atoms with E-state index in [9.17, 15) is 18.3 Å². The summed E-state index contributed by atoms with van der Waals surface area (Å²) in [5.74, 6) is 1.38. The number of nitrogens with one attached hydrogen (secondary N) is 1. The van der Waals surface area contributed by atoms with E-state index in [0.717, 1.165) is 12.8 Å². The van der Waals surface area contributed by atoms with Gasteiger partial charge in [-0.15, -0.1) is 0 Å². The second kappa shape index (κ2) is 9.64. The summed E-state index contributed by atoms with van der Waals surface area (Å²) in [6.45, 7) is 2.27. The van der Waals surface area contributed by atoms with Gasteiger partial charge in [0.05, 0.1) is 5.75 Å². The average molecular weight is 429 g/mol. The number of aliphatic hydroxyl groups is 1. The van der Waals surface area contributed by atoms with Crippen LogP contribution in [0.4, 0.5) is 0 Å². The molecule has 1 fully saturated rings. The molecule has 3 rings (SSSR count). The van der Waals surface area contributed by atoms with E-state index in [1.54, 1.807) is 25.1 Å². The van der Waals surface area contributed by atoms with E-state index < -0.39 is 22.2 Å². The monoisotopic (exact) mass is 428 g/mol. The molecule has 0 bridgehead atoms. The maximum atomic E-state index is 12.6. The van der Waals surface area contributed by atoms with Crippen LogP contribution in [0.1, 0.15) is 32.6 Å². The minimum atomic E-state index is -3.45. The molecule has 0 aromatic heterocycles. The van der Waals surface area contributed by atoms with Crippen LogP contribution < -0.4 is 19.5 Å². The van der Waals surface area contributed by atoms with Crippen molar-refractivity contribution in [2.45, 2.75) is 44.8 Å². The molecule has 1 aromatic carbocycles. The quantitative estimate of drug-likeness (QED) is 0.600. The third-order valence-electron chi connectivity index (χ3n) is 4.87. The van der Waals surface area contributed by atoms with Gasteiger partial charge in [-0.3, -0.25) is 4.79 Å². The molecule has 2 atom stereocenters. The van der Waals surface area contributed by atoms with Crippen molar-refractivity contribution in [3.05, 3.63) is 18.2 Å². The van der Waals surface area contributed by atoms with E-state index in [1.165, 1.54) is 4.31 Å². The van der Waals surface area contributed by atoms with Crippen molar-refractivity contribution < 1.29 is 32.5 Å². The van der Waals surface area contributed by atoms with Crippen molar-refractivity contribution in [3.8, 4) is 17.2 Å². The molecule has 2 aliphatic rings. The topological polar surface area (TPSA) is 114 Å². The molecule has 0 saturated carbocycles. The number of fused-ring (bicyclic) bond motifs is 1. The molecule has 0 radical (unpaired) electrons. The van der Waals surface area contributed by atoms with Gasteiger partial charge in [0.1, 0.15) is 24.5 Å². The van der Waals surface area contributed by atoms with Crippen LogP contribution in [0.3, 0.4) is 0 Å². The Hall–Kier alpha value is -2.04. The zero-order valence-electron chi connectivity index (χ0n) is 16.5. The van der Waals surface area contributed by atoms with Crippen molar-refractivity contribution in [1.82, 2.24) is 9.62 Å². The summed E-state index contributed by atoms with van der Waals surface area (Å²) in [5.41, 5.74) is 0. The molecule has 1 saturated heterocycles. The van der Waals surface area contributed by atoms with Gasteiger partial charge in [0.25, 0.3) is 0 Å². The molecule has 162 valence electrons. The average Bonchev–Trinajstić information content (AvgIpc) is 3.18. The molecule has 2 unspecified atom stereocenters. The number of hydrogen-bond donors (Lipinski definition) is 2. The smallest absolute Gasteiger partial charge is 0.238 e. The molecular formula is C19H28N2O7S. The predicted octanol–water partition coefficient (Wildman–Crippen LogP) is 0.866. The lowest BCUT2D eigenvalue weighted by Crippen LogP contribution is -2.53. The van der Waals surface area contributed by atoms with Crippen LogP contribution in [0.25, 0.3) is 0 Å². The van der Waals surface area contributed by atoms with Crippen molar-refractivity contribution >= 4 is 15.9 Å². The van der Waals surface area contributed by atoms with Crippen LogP contribution in [0, 0.1) is 0 Å². The number of benzene rings is 1. The lowest BCUT2D eigenvalue weighted by atomic mass is 10.0. The molecule has 1 aromatic rings. The number of hydrogen-bond acceptors (Lipinski definition) is 7. The zero-order chi connectivity index (χ0) is 20.9. The number of nitrogens with zero attached hydrogens (tertiary/aromatic N) is 1. The van der Waals surface area contributed by atoms with Gasteiger partial charge in [-0.05, 0) is 31.4 Å². The molecule has 1 amide bonds. The van der Waals surface area contributed by atoms with E-state index in [-0.39, 0.29) is 31.6 Å². The fourth-order valence-electron chi connectivity index (χ4n) is 3.43. The van der Waals surface area contributed by atoms with Gasteiger partial charge in [-0.1, -0.05) is 13.3 Å². The highest BCUT2D eigenvalue weighted by Crippen LogP contribution is 2.35. The number of sulfonamides is 1. The lowest BCUT2D eigenvalue weighted by molar-refractivity contribution is -0.126. The van der Waals surface area contributed by atoms with Crippen LogP contribution in [0.2, 0.25) is 0 Å². The Morgan fingerprint density at radius 3 is 2.93 bits per heavy atom. The van der Waals surface area contributed by atoms with Crippen molar-refractivity contribution in [3.63, 3.8) is 0 Å². The Kier molecular flexibility index (Phi) is 7.20. The van der Waals surface area contributed by atoms with Crippen LogP contribution in [-0.2, 0) is 14.8 Å². The third-order valence-corrected chi connectivity index (χ3v) is 6.95. The summed E-state index contributed by atoms with van der Waals surface area (Å²) in [5, 5.41) is 12.8. The van der Waals surface area contributed by atoms with E-state index in [4.69, 9.17) is 14.2 Å². The molecule has 2 aliphatic heterocycles. The van der Waals surface area contributed by atoms with Crippen LogP contribution in [0.15, 0.2) is 18.2 Å².